The summed E-state index contributed by atoms with van der Waals surface area (Å²) >= 11 is 3.66. The van der Waals surface area contributed by atoms with Crippen molar-refractivity contribution in [2.45, 2.75) is 39.5 Å². The van der Waals surface area contributed by atoms with Crippen molar-refractivity contribution in [3.05, 3.63) is 104 Å². The molecule has 0 saturated carbocycles. The molecule has 1 heteroatoms. The average molecular weight is 429 g/mol. The van der Waals surface area contributed by atoms with Crippen LogP contribution in [0.1, 0.15) is 61.8 Å². The smallest absolute Gasteiger partial charge is 0.0181 e. The molecule has 0 bridgehead atoms. The molecule has 0 heterocycles. The molecule has 2 unspecified atom stereocenters. The molecular weight excluding hydrogens is 404 g/mol. The molecule has 0 N–H and O–H groups in total. The van der Waals surface area contributed by atoms with Crippen molar-refractivity contribution in [2.75, 3.05) is 0 Å². The van der Waals surface area contributed by atoms with E-state index in [1.807, 2.05) is 0 Å². The minimum absolute atomic E-state index is 0.0283. The molecular formula is C27H25Br. The third kappa shape index (κ3) is 2.49. The second-order valence-electron chi connectivity index (χ2n) is 8.90. The Kier molecular flexibility index (Phi) is 3.97. The molecule has 3 aliphatic rings. The monoisotopic (exact) mass is 428 g/mol. The maximum Gasteiger partial charge on any atom is 0.0181 e. The molecule has 0 spiro atoms. The summed E-state index contributed by atoms with van der Waals surface area (Å²) < 4.78 is 1.15. The molecule has 2 atom stereocenters. The molecule has 0 aromatic heterocycles. The van der Waals surface area contributed by atoms with Crippen molar-refractivity contribution in [1.82, 2.24) is 0 Å². The molecule has 2 aromatic rings. The molecule has 2 aromatic carbocycles. The molecule has 3 aliphatic carbocycles. The first-order valence-corrected chi connectivity index (χ1v) is 10.9. The fraction of sp³-hybridized carbons (Fsp3) is 0.259. The largest absolute Gasteiger partial charge is 0.0755 e. The summed E-state index contributed by atoms with van der Waals surface area (Å²) in [6, 6.07) is 15.5. The summed E-state index contributed by atoms with van der Waals surface area (Å²) in [5.74, 6) is 0.833. The maximum atomic E-state index is 3.66. The van der Waals surface area contributed by atoms with Crippen molar-refractivity contribution in [1.29, 1.82) is 0 Å². The van der Waals surface area contributed by atoms with Crippen molar-refractivity contribution < 1.29 is 0 Å². The Morgan fingerprint density at radius 3 is 2.54 bits per heavy atom. The van der Waals surface area contributed by atoms with Gasteiger partial charge < -0.3 is 0 Å². The highest BCUT2D eigenvalue weighted by atomic mass is 79.9. The van der Waals surface area contributed by atoms with Gasteiger partial charge in [0.2, 0.25) is 0 Å². The number of hydrogen-bond donors (Lipinski definition) is 0. The Balaban J connectivity index is 1.64. The van der Waals surface area contributed by atoms with E-state index in [9.17, 15) is 0 Å². The number of benzene rings is 2. The van der Waals surface area contributed by atoms with Gasteiger partial charge in [0.05, 0.1) is 0 Å². The van der Waals surface area contributed by atoms with Gasteiger partial charge in [0.15, 0.2) is 0 Å². The highest BCUT2D eigenvalue weighted by Gasteiger charge is 2.41. The third-order valence-electron chi connectivity index (χ3n) is 6.85. The lowest BCUT2D eigenvalue weighted by Crippen LogP contribution is -2.25. The Labute approximate surface area is 176 Å². The van der Waals surface area contributed by atoms with Crippen LogP contribution in [0.15, 0.2) is 81.4 Å². The number of fused-ring (bicyclic) bond motifs is 3. The first kappa shape index (κ1) is 17.9. The van der Waals surface area contributed by atoms with Gasteiger partial charge in [-0.15, -0.1) is 0 Å². The minimum atomic E-state index is 0.0283. The van der Waals surface area contributed by atoms with Crippen LogP contribution in [-0.4, -0.2) is 0 Å². The summed E-state index contributed by atoms with van der Waals surface area (Å²) in [5.41, 5.74) is 11.5. The van der Waals surface area contributed by atoms with E-state index < -0.39 is 0 Å². The highest BCUT2D eigenvalue weighted by molar-refractivity contribution is 9.10. The van der Waals surface area contributed by atoms with Gasteiger partial charge in [0.1, 0.15) is 0 Å². The van der Waals surface area contributed by atoms with Crippen molar-refractivity contribution in [2.24, 2.45) is 5.41 Å². The Hall–Kier alpha value is -2.12. The quantitative estimate of drug-likeness (QED) is 0.453. The lowest BCUT2D eigenvalue weighted by molar-refractivity contribution is 0.405. The summed E-state index contributed by atoms with van der Waals surface area (Å²) in [4.78, 5) is 0. The molecule has 5 rings (SSSR count). The topological polar surface area (TPSA) is 0 Å². The van der Waals surface area contributed by atoms with E-state index in [0.29, 0.717) is 11.8 Å². The molecule has 0 radical (unpaired) electrons. The lowest BCUT2D eigenvalue weighted by atomic mass is 9.66. The van der Waals surface area contributed by atoms with Crippen LogP contribution in [0.5, 0.6) is 0 Å². The predicted octanol–water partition coefficient (Wildman–Crippen LogP) is 8.04. The van der Waals surface area contributed by atoms with Gasteiger partial charge in [0, 0.05) is 21.7 Å². The van der Waals surface area contributed by atoms with Crippen LogP contribution in [0, 0.1) is 5.41 Å². The number of halogens is 1. The van der Waals surface area contributed by atoms with Gasteiger partial charge in [-0.1, -0.05) is 85.3 Å². The fourth-order valence-corrected chi connectivity index (χ4v) is 5.91. The highest BCUT2D eigenvalue weighted by Crippen LogP contribution is 2.56. The summed E-state index contributed by atoms with van der Waals surface area (Å²) in [6.07, 6.45) is 9.55. The molecule has 0 aliphatic heterocycles. The third-order valence-corrected chi connectivity index (χ3v) is 7.34. The maximum absolute atomic E-state index is 3.66. The normalized spacial score (nSPS) is 22.6. The Morgan fingerprint density at radius 2 is 1.71 bits per heavy atom. The zero-order valence-corrected chi connectivity index (χ0v) is 18.5. The van der Waals surface area contributed by atoms with E-state index in [0.717, 1.165) is 4.47 Å². The van der Waals surface area contributed by atoms with E-state index in [1.54, 1.807) is 0 Å². The van der Waals surface area contributed by atoms with Crippen LogP contribution in [0.4, 0.5) is 0 Å². The van der Waals surface area contributed by atoms with E-state index in [2.05, 4.69) is 110 Å². The van der Waals surface area contributed by atoms with Gasteiger partial charge in [-0.3, -0.25) is 0 Å². The molecule has 0 nitrogen and oxygen atoms in total. The second-order valence-corrected chi connectivity index (χ2v) is 9.81. The first-order valence-electron chi connectivity index (χ1n) is 10.1. The van der Waals surface area contributed by atoms with Crippen LogP contribution in [0.3, 0.4) is 0 Å². The van der Waals surface area contributed by atoms with Crippen LogP contribution in [-0.2, 0) is 0 Å². The van der Waals surface area contributed by atoms with E-state index in [4.69, 9.17) is 0 Å². The van der Waals surface area contributed by atoms with Crippen molar-refractivity contribution in [3.63, 3.8) is 0 Å². The molecule has 0 amide bonds. The van der Waals surface area contributed by atoms with Crippen LogP contribution in [0.2, 0.25) is 0 Å². The molecule has 0 saturated heterocycles. The lowest BCUT2D eigenvalue weighted by Gasteiger charge is -2.37. The average Bonchev–Trinajstić information content (AvgIpc) is 3.23. The fourth-order valence-electron chi connectivity index (χ4n) is 5.53. The predicted molar refractivity (Wildman–Crippen MR) is 123 cm³/mol. The zero-order chi connectivity index (χ0) is 19.6. The number of rotatable bonds is 2. The first-order chi connectivity index (χ1) is 13.4. The van der Waals surface area contributed by atoms with Crippen molar-refractivity contribution >= 4 is 28.1 Å². The minimum Gasteiger partial charge on any atom is -0.0755 e. The van der Waals surface area contributed by atoms with E-state index in [1.165, 1.54) is 44.5 Å². The SMILES string of the molecule is CC1=C(C(C)(C)C2C=Cc3ccccc32)C2=Cc3cc(Br)ccc3C(C)C2=C1. The molecule has 28 heavy (non-hydrogen) atoms. The summed E-state index contributed by atoms with van der Waals surface area (Å²) in [6.45, 7) is 9.48. The zero-order valence-electron chi connectivity index (χ0n) is 16.9. The van der Waals surface area contributed by atoms with E-state index >= 15 is 0 Å². The van der Waals surface area contributed by atoms with Gasteiger partial charge in [0.25, 0.3) is 0 Å². The van der Waals surface area contributed by atoms with Crippen LogP contribution in [0.25, 0.3) is 12.2 Å². The van der Waals surface area contributed by atoms with Gasteiger partial charge >= 0.3 is 0 Å². The van der Waals surface area contributed by atoms with Gasteiger partial charge in [-0.25, -0.2) is 0 Å². The summed E-state index contributed by atoms with van der Waals surface area (Å²) in [7, 11) is 0. The van der Waals surface area contributed by atoms with Crippen molar-refractivity contribution in [3.8, 4) is 0 Å². The van der Waals surface area contributed by atoms with E-state index in [-0.39, 0.29) is 5.41 Å². The van der Waals surface area contributed by atoms with Gasteiger partial charge in [-0.2, -0.15) is 0 Å². The van der Waals surface area contributed by atoms with Crippen LogP contribution >= 0.6 is 15.9 Å². The standard InChI is InChI=1S/C27H25Br/c1-16-13-23-17(2)21-11-10-20(28)14-19(21)15-24(23)26(16)27(3,4)25-12-9-18-7-5-6-8-22(18)25/h5-15,17,25H,1-4H3. The van der Waals surface area contributed by atoms with Gasteiger partial charge in [-0.05, 0) is 69.7 Å². The second kappa shape index (κ2) is 6.19. The Morgan fingerprint density at radius 1 is 0.929 bits per heavy atom. The molecule has 140 valence electrons. The number of allylic oxidation sites excluding steroid dienone is 6. The van der Waals surface area contributed by atoms with Crippen LogP contribution < -0.4 is 0 Å². The number of hydrogen-bond acceptors (Lipinski definition) is 0. The molecule has 0 fully saturated rings. The summed E-state index contributed by atoms with van der Waals surface area (Å²) in [5, 5.41) is 0. The Bertz CT molecular complexity index is 1120.